The third kappa shape index (κ3) is 4.96. The van der Waals surface area contributed by atoms with Gasteiger partial charge in [0.25, 0.3) is 11.6 Å². The third-order valence-corrected chi connectivity index (χ3v) is 4.59. The van der Waals surface area contributed by atoms with E-state index in [1.54, 1.807) is 11.8 Å². The Morgan fingerprint density at radius 1 is 1.39 bits per heavy atom. The highest BCUT2D eigenvalue weighted by molar-refractivity contribution is 5.97. The summed E-state index contributed by atoms with van der Waals surface area (Å²) in [5.41, 5.74) is 5.20. The standard InChI is InChI=1S/C18H24N4O6/c1-3-28-18(25)13-5-4-8-21(10-13)16(23)11-20(2)17(24)12-6-7-14(19)15(9-12)22(26)27/h6-7,9,13H,3-5,8,10-11,19H2,1-2H3. The highest BCUT2D eigenvalue weighted by Crippen LogP contribution is 2.23. The molecule has 0 bridgehead atoms. The van der Waals surface area contributed by atoms with Crippen molar-refractivity contribution in [3.63, 3.8) is 0 Å². The van der Waals surface area contributed by atoms with Crippen LogP contribution in [0.15, 0.2) is 18.2 Å². The summed E-state index contributed by atoms with van der Waals surface area (Å²) in [5, 5.41) is 11.0. The van der Waals surface area contributed by atoms with Crippen LogP contribution < -0.4 is 5.73 Å². The second-order valence-electron chi connectivity index (χ2n) is 6.62. The van der Waals surface area contributed by atoms with E-state index in [1.807, 2.05) is 0 Å². The number of nitro benzene ring substituents is 1. The van der Waals surface area contributed by atoms with Crippen molar-refractivity contribution in [2.24, 2.45) is 5.92 Å². The van der Waals surface area contributed by atoms with Crippen LogP contribution in [0, 0.1) is 16.0 Å². The number of ether oxygens (including phenoxy) is 1. The lowest BCUT2D eigenvalue weighted by molar-refractivity contribution is -0.383. The minimum absolute atomic E-state index is 0.0430. The van der Waals surface area contributed by atoms with Crippen LogP contribution in [0.5, 0.6) is 0 Å². The lowest BCUT2D eigenvalue weighted by Gasteiger charge is -2.32. The molecule has 1 unspecified atom stereocenters. The Hall–Kier alpha value is -3.17. The molecule has 0 saturated carbocycles. The van der Waals surface area contributed by atoms with E-state index < -0.39 is 10.8 Å². The number of nitrogens with zero attached hydrogens (tertiary/aromatic N) is 3. The van der Waals surface area contributed by atoms with Gasteiger partial charge >= 0.3 is 5.97 Å². The van der Waals surface area contributed by atoms with Crippen molar-refractivity contribution in [2.45, 2.75) is 19.8 Å². The number of amides is 2. The van der Waals surface area contributed by atoms with Crippen LogP contribution in [0.2, 0.25) is 0 Å². The molecule has 0 aliphatic carbocycles. The van der Waals surface area contributed by atoms with Crippen molar-refractivity contribution in [3.05, 3.63) is 33.9 Å². The van der Waals surface area contributed by atoms with E-state index in [1.165, 1.54) is 24.1 Å². The van der Waals surface area contributed by atoms with E-state index in [-0.39, 0.29) is 54.4 Å². The normalized spacial score (nSPS) is 16.4. The van der Waals surface area contributed by atoms with Crippen molar-refractivity contribution in [1.82, 2.24) is 9.80 Å². The lowest BCUT2D eigenvalue weighted by Crippen LogP contribution is -2.47. The number of carbonyl (C=O) groups is 3. The first-order chi connectivity index (χ1) is 13.2. The predicted molar refractivity (Wildman–Crippen MR) is 100 cm³/mol. The van der Waals surface area contributed by atoms with Crippen LogP contribution in [-0.4, -0.2) is 65.8 Å². The zero-order valence-corrected chi connectivity index (χ0v) is 15.9. The topological polar surface area (TPSA) is 136 Å². The zero-order chi connectivity index (χ0) is 20.8. The van der Waals surface area contributed by atoms with Gasteiger partial charge in [0.2, 0.25) is 5.91 Å². The number of carbonyl (C=O) groups excluding carboxylic acids is 3. The van der Waals surface area contributed by atoms with Gasteiger partial charge in [-0.2, -0.15) is 0 Å². The summed E-state index contributed by atoms with van der Waals surface area (Å²) in [7, 11) is 1.44. The second kappa shape index (κ2) is 9.16. The van der Waals surface area contributed by atoms with E-state index in [9.17, 15) is 24.5 Å². The molecular weight excluding hydrogens is 368 g/mol. The predicted octanol–water partition coefficient (Wildman–Crippen LogP) is 1.05. The SMILES string of the molecule is CCOC(=O)C1CCCN(C(=O)CN(C)C(=O)c2ccc(N)c([N+](=O)[O-])c2)C1. The Labute approximate surface area is 162 Å². The van der Waals surface area contributed by atoms with Gasteiger partial charge in [-0.25, -0.2) is 0 Å². The maximum atomic E-state index is 12.6. The van der Waals surface area contributed by atoms with E-state index in [0.717, 1.165) is 6.07 Å². The van der Waals surface area contributed by atoms with Gasteiger partial charge in [-0.15, -0.1) is 0 Å². The molecule has 1 aliphatic rings. The largest absolute Gasteiger partial charge is 0.466 e. The number of nitrogens with two attached hydrogens (primary N) is 1. The molecule has 0 spiro atoms. The number of hydrogen-bond acceptors (Lipinski definition) is 7. The zero-order valence-electron chi connectivity index (χ0n) is 15.9. The molecule has 2 rings (SSSR count). The van der Waals surface area contributed by atoms with Gasteiger partial charge in [-0.3, -0.25) is 24.5 Å². The Balaban J connectivity index is 2.01. The summed E-state index contributed by atoms with van der Waals surface area (Å²) >= 11 is 0. The fourth-order valence-electron chi connectivity index (χ4n) is 3.09. The summed E-state index contributed by atoms with van der Waals surface area (Å²) < 4.78 is 5.02. The van der Waals surface area contributed by atoms with E-state index in [4.69, 9.17) is 10.5 Å². The number of esters is 1. The number of likely N-dealkylation sites (tertiary alicyclic amines) is 1. The molecule has 1 saturated heterocycles. The monoisotopic (exact) mass is 392 g/mol. The molecule has 0 aromatic heterocycles. The Kier molecular flexibility index (Phi) is 6.91. The number of piperidine rings is 1. The maximum Gasteiger partial charge on any atom is 0.310 e. The van der Waals surface area contributed by atoms with Crippen LogP contribution >= 0.6 is 0 Å². The average molecular weight is 392 g/mol. The summed E-state index contributed by atoms with van der Waals surface area (Å²) in [6, 6.07) is 3.76. The first-order valence-electron chi connectivity index (χ1n) is 8.98. The quantitative estimate of drug-likeness (QED) is 0.331. The molecule has 10 nitrogen and oxygen atoms in total. The van der Waals surface area contributed by atoms with Crippen molar-refractivity contribution in [3.8, 4) is 0 Å². The van der Waals surface area contributed by atoms with Crippen molar-refractivity contribution in [1.29, 1.82) is 0 Å². The smallest absolute Gasteiger partial charge is 0.310 e. The summed E-state index contributed by atoms with van der Waals surface area (Å²) in [6.45, 7) is 2.57. The summed E-state index contributed by atoms with van der Waals surface area (Å²) in [5.74, 6) is -1.51. The highest BCUT2D eigenvalue weighted by Gasteiger charge is 2.30. The Morgan fingerprint density at radius 2 is 2.11 bits per heavy atom. The van der Waals surface area contributed by atoms with Crippen molar-refractivity contribution < 1.29 is 24.0 Å². The number of nitrogen functional groups attached to an aromatic ring is 1. The van der Waals surface area contributed by atoms with Gasteiger partial charge in [-0.05, 0) is 31.9 Å². The minimum atomic E-state index is -0.666. The molecule has 1 aromatic rings. The molecule has 10 heteroatoms. The van der Waals surface area contributed by atoms with E-state index >= 15 is 0 Å². The highest BCUT2D eigenvalue weighted by atomic mass is 16.6. The fraction of sp³-hybridized carbons (Fsp3) is 0.500. The van der Waals surface area contributed by atoms with Crippen LogP contribution in [0.25, 0.3) is 0 Å². The number of rotatable bonds is 6. The molecule has 1 fully saturated rings. The number of likely N-dealkylation sites (N-methyl/N-ethyl adjacent to an activating group) is 1. The molecule has 1 aromatic carbocycles. The van der Waals surface area contributed by atoms with Crippen LogP contribution in [0.1, 0.15) is 30.1 Å². The summed E-state index contributed by atoms with van der Waals surface area (Å²) in [6.07, 6.45) is 1.34. The molecule has 2 amide bonds. The third-order valence-electron chi connectivity index (χ3n) is 4.59. The van der Waals surface area contributed by atoms with Gasteiger partial charge in [0.15, 0.2) is 0 Å². The molecule has 0 radical (unpaired) electrons. The number of hydrogen-bond donors (Lipinski definition) is 1. The second-order valence-corrected chi connectivity index (χ2v) is 6.62. The van der Waals surface area contributed by atoms with Gasteiger partial charge in [0.05, 0.1) is 24.0 Å². The fourth-order valence-corrected chi connectivity index (χ4v) is 3.09. The average Bonchev–Trinajstić information content (AvgIpc) is 2.67. The minimum Gasteiger partial charge on any atom is -0.466 e. The molecule has 1 heterocycles. The lowest BCUT2D eigenvalue weighted by atomic mass is 9.98. The first kappa shape index (κ1) is 21.1. The van der Waals surface area contributed by atoms with Gasteiger partial charge < -0.3 is 20.3 Å². The van der Waals surface area contributed by atoms with Crippen LogP contribution in [0.4, 0.5) is 11.4 Å². The molecule has 1 atom stereocenters. The molecule has 28 heavy (non-hydrogen) atoms. The Bertz CT molecular complexity index is 781. The van der Waals surface area contributed by atoms with Gasteiger partial charge in [0, 0.05) is 31.8 Å². The van der Waals surface area contributed by atoms with Crippen LogP contribution in [0.3, 0.4) is 0 Å². The number of nitro groups is 1. The molecule has 152 valence electrons. The first-order valence-corrected chi connectivity index (χ1v) is 8.98. The van der Waals surface area contributed by atoms with Crippen LogP contribution in [-0.2, 0) is 14.3 Å². The van der Waals surface area contributed by atoms with Gasteiger partial charge in [0.1, 0.15) is 5.69 Å². The van der Waals surface area contributed by atoms with E-state index in [2.05, 4.69) is 0 Å². The molecular formula is C18H24N4O6. The number of benzene rings is 1. The molecule has 2 N–H and O–H groups in total. The molecule has 1 aliphatic heterocycles. The van der Waals surface area contributed by atoms with E-state index in [0.29, 0.717) is 19.4 Å². The Morgan fingerprint density at radius 3 is 2.75 bits per heavy atom. The maximum absolute atomic E-state index is 12.6. The van der Waals surface area contributed by atoms with Crippen molar-refractivity contribution in [2.75, 3.05) is 39.0 Å². The summed E-state index contributed by atoms with van der Waals surface area (Å²) in [4.78, 5) is 50.0. The number of anilines is 1. The van der Waals surface area contributed by atoms with Crippen molar-refractivity contribution >= 4 is 29.2 Å². The van der Waals surface area contributed by atoms with Gasteiger partial charge in [-0.1, -0.05) is 0 Å².